The van der Waals surface area contributed by atoms with E-state index >= 15 is 0 Å². The van der Waals surface area contributed by atoms with Crippen molar-refractivity contribution in [1.29, 1.82) is 0 Å². The number of amides is 1. The Morgan fingerprint density at radius 2 is 2.24 bits per heavy atom. The minimum absolute atomic E-state index is 0.139. The van der Waals surface area contributed by atoms with Crippen LogP contribution in [0.3, 0.4) is 0 Å². The molecule has 1 atom stereocenters. The molecule has 0 aliphatic rings. The standard InChI is InChI=1S/C13H22N2O2/c1-10(14)5-4-6-13(16)15(3)9-12-8-7-11(2)17-12/h7-8,10H,4-6,9,14H2,1-3H3. The highest BCUT2D eigenvalue weighted by Gasteiger charge is 2.11. The van der Waals surface area contributed by atoms with Crippen molar-refractivity contribution >= 4 is 5.91 Å². The number of rotatable bonds is 6. The van der Waals surface area contributed by atoms with Gasteiger partial charge < -0.3 is 15.1 Å². The Kier molecular flexibility index (Phi) is 5.22. The van der Waals surface area contributed by atoms with Gasteiger partial charge in [0.2, 0.25) is 5.91 Å². The number of furan rings is 1. The lowest BCUT2D eigenvalue weighted by Crippen LogP contribution is -2.26. The Labute approximate surface area is 103 Å². The highest BCUT2D eigenvalue weighted by Crippen LogP contribution is 2.10. The van der Waals surface area contributed by atoms with Gasteiger partial charge in [-0.2, -0.15) is 0 Å². The molecule has 0 aromatic carbocycles. The molecule has 1 rings (SSSR count). The molecular weight excluding hydrogens is 216 g/mol. The fourth-order valence-electron chi connectivity index (χ4n) is 1.66. The molecule has 4 nitrogen and oxygen atoms in total. The third-order valence-corrected chi connectivity index (χ3v) is 2.66. The minimum atomic E-state index is 0.139. The van der Waals surface area contributed by atoms with E-state index in [1.165, 1.54) is 0 Å². The normalized spacial score (nSPS) is 12.5. The number of carbonyl (C=O) groups excluding carboxylic acids is 1. The van der Waals surface area contributed by atoms with Gasteiger partial charge in [0, 0.05) is 19.5 Å². The van der Waals surface area contributed by atoms with Crippen molar-refractivity contribution in [2.75, 3.05) is 7.05 Å². The minimum Gasteiger partial charge on any atom is -0.464 e. The molecule has 1 aromatic heterocycles. The first kappa shape index (κ1) is 13.8. The quantitative estimate of drug-likeness (QED) is 0.825. The van der Waals surface area contributed by atoms with Gasteiger partial charge in [0.05, 0.1) is 6.54 Å². The Hall–Kier alpha value is -1.29. The predicted molar refractivity (Wildman–Crippen MR) is 67.4 cm³/mol. The Bertz CT molecular complexity index is 358. The maximum absolute atomic E-state index is 11.8. The van der Waals surface area contributed by atoms with Gasteiger partial charge in [0.15, 0.2) is 0 Å². The molecule has 1 unspecified atom stereocenters. The molecular formula is C13H22N2O2. The summed E-state index contributed by atoms with van der Waals surface area (Å²) in [5, 5.41) is 0. The van der Waals surface area contributed by atoms with Crippen LogP contribution in [0.1, 0.15) is 37.7 Å². The average molecular weight is 238 g/mol. The van der Waals surface area contributed by atoms with Crippen LogP contribution in [0.2, 0.25) is 0 Å². The summed E-state index contributed by atoms with van der Waals surface area (Å²) in [6.07, 6.45) is 2.29. The van der Waals surface area contributed by atoms with E-state index in [0.29, 0.717) is 13.0 Å². The van der Waals surface area contributed by atoms with Crippen LogP contribution in [0, 0.1) is 6.92 Å². The molecule has 0 bridgehead atoms. The van der Waals surface area contributed by atoms with Crippen LogP contribution in [-0.2, 0) is 11.3 Å². The smallest absolute Gasteiger partial charge is 0.222 e. The summed E-state index contributed by atoms with van der Waals surface area (Å²) < 4.78 is 5.43. The second-order valence-electron chi connectivity index (χ2n) is 4.63. The first-order valence-corrected chi connectivity index (χ1v) is 6.04. The lowest BCUT2D eigenvalue weighted by molar-refractivity contribution is -0.130. The maximum atomic E-state index is 11.8. The zero-order chi connectivity index (χ0) is 12.8. The van der Waals surface area contributed by atoms with E-state index in [4.69, 9.17) is 10.2 Å². The fraction of sp³-hybridized carbons (Fsp3) is 0.615. The molecule has 1 aromatic rings. The zero-order valence-electron chi connectivity index (χ0n) is 10.9. The van der Waals surface area contributed by atoms with Crippen molar-refractivity contribution < 1.29 is 9.21 Å². The summed E-state index contributed by atoms with van der Waals surface area (Å²) >= 11 is 0. The molecule has 17 heavy (non-hydrogen) atoms. The first-order chi connectivity index (χ1) is 7.99. The molecule has 4 heteroatoms. The van der Waals surface area contributed by atoms with Gasteiger partial charge in [0.25, 0.3) is 0 Å². The molecule has 1 amide bonds. The fourth-order valence-corrected chi connectivity index (χ4v) is 1.66. The van der Waals surface area contributed by atoms with E-state index in [-0.39, 0.29) is 11.9 Å². The summed E-state index contributed by atoms with van der Waals surface area (Å²) in [6.45, 7) is 4.39. The summed E-state index contributed by atoms with van der Waals surface area (Å²) in [4.78, 5) is 13.5. The van der Waals surface area contributed by atoms with E-state index < -0.39 is 0 Å². The van der Waals surface area contributed by atoms with Crippen LogP contribution in [0.5, 0.6) is 0 Å². The van der Waals surface area contributed by atoms with Crippen molar-refractivity contribution in [3.63, 3.8) is 0 Å². The van der Waals surface area contributed by atoms with Crippen molar-refractivity contribution in [3.05, 3.63) is 23.7 Å². The van der Waals surface area contributed by atoms with Gasteiger partial charge in [-0.15, -0.1) is 0 Å². The van der Waals surface area contributed by atoms with E-state index in [9.17, 15) is 4.79 Å². The number of hydrogen-bond acceptors (Lipinski definition) is 3. The van der Waals surface area contributed by atoms with Crippen molar-refractivity contribution in [3.8, 4) is 0 Å². The number of aryl methyl sites for hydroxylation is 1. The molecule has 0 spiro atoms. The van der Waals surface area contributed by atoms with Crippen LogP contribution in [0.15, 0.2) is 16.5 Å². The SMILES string of the molecule is Cc1ccc(CN(C)C(=O)CCCC(C)N)o1. The molecule has 2 N–H and O–H groups in total. The van der Waals surface area contributed by atoms with Crippen LogP contribution >= 0.6 is 0 Å². The summed E-state index contributed by atoms with van der Waals surface area (Å²) in [6, 6.07) is 3.98. The first-order valence-electron chi connectivity index (χ1n) is 6.04. The number of nitrogens with two attached hydrogens (primary N) is 1. The van der Waals surface area contributed by atoms with Crippen molar-refractivity contribution in [1.82, 2.24) is 4.90 Å². The van der Waals surface area contributed by atoms with Gasteiger partial charge in [-0.1, -0.05) is 0 Å². The second-order valence-corrected chi connectivity index (χ2v) is 4.63. The molecule has 0 saturated carbocycles. The molecule has 1 heterocycles. The number of hydrogen-bond donors (Lipinski definition) is 1. The number of nitrogens with zero attached hydrogens (tertiary/aromatic N) is 1. The number of carbonyl (C=O) groups is 1. The summed E-state index contributed by atoms with van der Waals surface area (Å²) in [5.41, 5.74) is 5.64. The molecule has 0 aliphatic carbocycles. The van der Waals surface area contributed by atoms with Crippen LogP contribution in [0.4, 0.5) is 0 Å². The average Bonchev–Trinajstić information content (AvgIpc) is 2.63. The molecule has 0 fully saturated rings. The van der Waals surface area contributed by atoms with Gasteiger partial charge in [0.1, 0.15) is 11.5 Å². The Balaban J connectivity index is 2.31. The van der Waals surface area contributed by atoms with Gasteiger partial charge in [-0.05, 0) is 38.8 Å². The monoisotopic (exact) mass is 238 g/mol. The van der Waals surface area contributed by atoms with Gasteiger partial charge in [-0.25, -0.2) is 0 Å². The van der Waals surface area contributed by atoms with E-state index in [1.54, 1.807) is 11.9 Å². The molecule has 0 radical (unpaired) electrons. The molecule has 0 aliphatic heterocycles. The Morgan fingerprint density at radius 3 is 2.76 bits per heavy atom. The van der Waals surface area contributed by atoms with Crippen LogP contribution in [0.25, 0.3) is 0 Å². The maximum Gasteiger partial charge on any atom is 0.222 e. The van der Waals surface area contributed by atoms with E-state index in [0.717, 1.165) is 24.4 Å². The summed E-state index contributed by atoms with van der Waals surface area (Å²) in [7, 11) is 1.80. The van der Waals surface area contributed by atoms with Crippen LogP contribution < -0.4 is 5.73 Å². The summed E-state index contributed by atoms with van der Waals surface area (Å²) in [5.74, 6) is 1.84. The highest BCUT2D eigenvalue weighted by molar-refractivity contribution is 5.75. The molecule has 96 valence electrons. The predicted octanol–water partition coefficient (Wildman–Crippen LogP) is 2.06. The van der Waals surface area contributed by atoms with Gasteiger partial charge >= 0.3 is 0 Å². The molecule has 0 saturated heterocycles. The second kappa shape index (κ2) is 6.45. The van der Waals surface area contributed by atoms with E-state index in [2.05, 4.69) is 0 Å². The highest BCUT2D eigenvalue weighted by atomic mass is 16.3. The third-order valence-electron chi connectivity index (χ3n) is 2.66. The topological polar surface area (TPSA) is 59.5 Å². The van der Waals surface area contributed by atoms with Crippen molar-refractivity contribution in [2.24, 2.45) is 5.73 Å². The largest absolute Gasteiger partial charge is 0.464 e. The van der Waals surface area contributed by atoms with Gasteiger partial charge in [-0.3, -0.25) is 4.79 Å². The van der Waals surface area contributed by atoms with Crippen molar-refractivity contribution in [2.45, 2.75) is 45.7 Å². The zero-order valence-corrected chi connectivity index (χ0v) is 10.9. The van der Waals surface area contributed by atoms with Crippen LogP contribution in [-0.4, -0.2) is 23.9 Å². The lowest BCUT2D eigenvalue weighted by atomic mass is 10.1. The Morgan fingerprint density at radius 1 is 1.53 bits per heavy atom. The van der Waals surface area contributed by atoms with E-state index in [1.807, 2.05) is 26.0 Å². The third kappa shape index (κ3) is 5.04. The lowest BCUT2D eigenvalue weighted by Gasteiger charge is -2.16.